The summed E-state index contributed by atoms with van der Waals surface area (Å²) < 4.78 is 7.05. The molecule has 0 bridgehead atoms. The molecular weight excluding hydrogens is 342 g/mol. The Hall–Kier alpha value is -2.92. The van der Waals surface area contributed by atoms with Crippen molar-refractivity contribution in [2.24, 2.45) is 5.10 Å². The van der Waals surface area contributed by atoms with Crippen LogP contribution in [0, 0.1) is 0 Å². The van der Waals surface area contributed by atoms with Crippen LogP contribution in [0.5, 0.6) is 5.75 Å². The maximum atomic E-state index is 5.91. The molecule has 0 amide bonds. The molecule has 0 spiro atoms. The van der Waals surface area contributed by atoms with Crippen molar-refractivity contribution in [2.45, 2.75) is 13.3 Å². The number of rotatable bonds is 6. The van der Waals surface area contributed by atoms with Gasteiger partial charge < -0.3 is 4.74 Å². The first-order chi connectivity index (χ1) is 12.8. The number of hydrogen-bond acceptors (Lipinski definition) is 5. The molecule has 0 atom stereocenters. The van der Waals surface area contributed by atoms with E-state index in [0.29, 0.717) is 6.61 Å². The summed E-state index contributed by atoms with van der Waals surface area (Å²) >= 11 is 1.59. The van der Waals surface area contributed by atoms with Crippen LogP contribution in [0.2, 0.25) is 0 Å². The maximum Gasteiger partial charge on any atom is 0.204 e. The zero-order chi connectivity index (χ0) is 17.8. The Morgan fingerprint density at radius 2 is 1.92 bits per heavy atom. The summed E-state index contributed by atoms with van der Waals surface area (Å²) in [6.07, 6.45) is 2.78. The average molecular weight is 361 g/mol. The first-order valence-electron chi connectivity index (χ1n) is 8.64. The predicted molar refractivity (Wildman–Crippen MR) is 111 cm³/mol. The van der Waals surface area contributed by atoms with Gasteiger partial charge >= 0.3 is 0 Å². The fourth-order valence-corrected chi connectivity index (χ4v) is 3.63. The average Bonchev–Trinajstić information content (AvgIpc) is 3.10. The van der Waals surface area contributed by atoms with Crippen LogP contribution in [0.1, 0.15) is 18.9 Å². The highest BCUT2D eigenvalue weighted by Gasteiger charge is 2.07. The van der Waals surface area contributed by atoms with Gasteiger partial charge in [-0.15, -0.1) is 0 Å². The molecule has 0 aliphatic carbocycles. The minimum absolute atomic E-state index is 0.685. The predicted octanol–water partition coefficient (Wildman–Crippen LogP) is 5.68. The van der Waals surface area contributed by atoms with Gasteiger partial charge in [0.15, 0.2) is 0 Å². The maximum absolute atomic E-state index is 5.91. The Morgan fingerprint density at radius 3 is 2.81 bits per heavy atom. The molecule has 0 aliphatic heterocycles. The molecule has 3 aromatic carbocycles. The third-order valence-corrected chi connectivity index (χ3v) is 4.98. The molecule has 1 heterocycles. The van der Waals surface area contributed by atoms with Crippen LogP contribution in [0.4, 0.5) is 5.13 Å². The summed E-state index contributed by atoms with van der Waals surface area (Å²) in [4.78, 5) is 4.54. The number of hydrogen-bond donors (Lipinski definition) is 1. The van der Waals surface area contributed by atoms with Crippen molar-refractivity contribution >= 4 is 43.7 Å². The molecule has 1 N–H and O–H groups in total. The molecule has 0 saturated carbocycles. The van der Waals surface area contributed by atoms with E-state index in [9.17, 15) is 0 Å². The highest BCUT2D eigenvalue weighted by Crippen LogP contribution is 2.28. The second kappa shape index (κ2) is 7.54. The molecule has 130 valence electrons. The van der Waals surface area contributed by atoms with Gasteiger partial charge in [0.1, 0.15) is 5.75 Å². The lowest BCUT2D eigenvalue weighted by Gasteiger charge is -2.10. The number of thiazole rings is 1. The number of aromatic nitrogens is 1. The topological polar surface area (TPSA) is 46.5 Å². The van der Waals surface area contributed by atoms with E-state index in [1.54, 1.807) is 11.3 Å². The number of fused-ring (bicyclic) bond motifs is 2. The molecule has 0 fully saturated rings. The summed E-state index contributed by atoms with van der Waals surface area (Å²) in [5.74, 6) is 0.848. The van der Waals surface area contributed by atoms with E-state index in [4.69, 9.17) is 4.74 Å². The van der Waals surface area contributed by atoms with Crippen molar-refractivity contribution in [1.29, 1.82) is 0 Å². The number of para-hydroxylation sites is 1. The van der Waals surface area contributed by atoms with Gasteiger partial charge in [0.05, 0.1) is 23.0 Å². The number of nitrogens with one attached hydrogen (secondary N) is 1. The van der Waals surface area contributed by atoms with E-state index < -0.39 is 0 Å². The van der Waals surface area contributed by atoms with Crippen LogP contribution in [0.25, 0.3) is 21.0 Å². The lowest BCUT2D eigenvalue weighted by Crippen LogP contribution is -2.00. The number of anilines is 1. The number of hydrazone groups is 1. The molecule has 26 heavy (non-hydrogen) atoms. The number of ether oxygens (including phenoxy) is 1. The molecule has 0 aliphatic rings. The Bertz CT molecular complexity index is 1040. The van der Waals surface area contributed by atoms with Crippen molar-refractivity contribution in [3.05, 3.63) is 66.2 Å². The normalized spacial score (nSPS) is 11.4. The first kappa shape index (κ1) is 16.5. The lowest BCUT2D eigenvalue weighted by atomic mass is 10.0. The molecule has 4 rings (SSSR count). The Balaban J connectivity index is 1.64. The highest BCUT2D eigenvalue weighted by atomic mass is 32.1. The summed E-state index contributed by atoms with van der Waals surface area (Å²) in [5, 5.41) is 7.48. The molecule has 5 heteroatoms. The van der Waals surface area contributed by atoms with Gasteiger partial charge in [0.25, 0.3) is 0 Å². The highest BCUT2D eigenvalue weighted by molar-refractivity contribution is 7.22. The standard InChI is InChI=1S/C21H19N3OS/c1-2-13-25-19-12-11-15-7-3-4-8-16(15)17(19)14-22-24-21-23-18-9-5-6-10-20(18)26-21/h3-12,14H,2,13H2,1H3,(H,23,24)/b22-14+. The monoisotopic (exact) mass is 361 g/mol. The van der Waals surface area contributed by atoms with Crippen LogP contribution < -0.4 is 10.2 Å². The smallest absolute Gasteiger partial charge is 0.204 e. The van der Waals surface area contributed by atoms with Gasteiger partial charge in [-0.1, -0.05) is 60.7 Å². The molecule has 1 aromatic heterocycles. The van der Waals surface area contributed by atoms with Gasteiger partial charge in [-0.2, -0.15) is 5.10 Å². The molecule has 4 nitrogen and oxygen atoms in total. The van der Waals surface area contributed by atoms with E-state index >= 15 is 0 Å². The second-order valence-corrected chi connectivity index (χ2v) is 6.93. The zero-order valence-electron chi connectivity index (χ0n) is 14.5. The second-order valence-electron chi connectivity index (χ2n) is 5.90. The van der Waals surface area contributed by atoms with E-state index in [1.807, 2.05) is 42.6 Å². The van der Waals surface area contributed by atoms with Crippen LogP contribution in [-0.2, 0) is 0 Å². The third kappa shape index (κ3) is 3.39. The molecule has 4 aromatic rings. The van der Waals surface area contributed by atoms with E-state index in [0.717, 1.165) is 43.9 Å². The minimum atomic E-state index is 0.685. The fourth-order valence-electron chi connectivity index (χ4n) is 2.82. The van der Waals surface area contributed by atoms with E-state index in [2.05, 4.69) is 46.7 Å². The van der Waals surface area contributed by atoms with Crippen molar-refractivity contribution in [1.82, 2.24) is 4.98 Å². The van der Waals surface area contributed by atoms with E-state index in [1.165, 1.54) is 0 Å². The Kier molecular flexibility index (Phi) is 4.80. The molecule has 0 saturated heterocycles. The van der Waals surface area contributed by atoms with Gasteiger partial charge in [-0.25, -0.2) is 4.98 Å². The summed E-state index contributed by atoms with van der Waals surface area (Å²) in [6, 6.07) is 20.4. The summed E-state index contributed by atoms with van der Waals surface area (Å²) in [5.41, 5.74) is 5.01. The SMILES string of the molecule is CCCOc1ccc2ccccc2c1/C=N/Nc1nc2ccccc2s1. The van der Waals surface area contributed by atoms with Crippen LogP contribution in [0.15, 0.2) is 65.8 Å². The third-order valence-electron chi connectivity index (χ3n) is 4.04. The van der Waals surface area contributed by atoms with Crippen molar-refractivity contribution < 1.29 is 4.74 Å². The first-order valence-corrected chi connectivity index (χ1v) is 9.46. The van der Waals surface area contributed by atoms with E-state index in [-0.39, 0.29) is 0 Å². The Labute approximate surface area is 156 Å². The lowest BCUT2D eigenvalue weighted by molar-refractivity contribution is 0.317. The van der Waals surface area contributed by atoms with Crippen molar-refractivity contribution in [3.8, 4) is 5.75 Å². The zero-order valence-corrected chi connectivity index (χ0v) is 15.3. The molecular formula is C21H19N3OS. The molecule has 0 radical (unpaired) electrons. The largest absolute Gasteiger partial charge is 0.493 e. The van der Waals surface area contributed by atoms with Gasteiger partial charge in [0, 0.05) is 5.56 Å². The Morgan fingerprint density at radius 1 is 1.08 bits per heavy atom. The fraction of sp³-hybridized carbons (Fsp3) is 0.143. The van der Waals surface area contributed by atoms with Crippen LogP contribution in [0.3, 0.4) is 0 Å². The van der Waals surface area contributed by atoms with Crippen LogP contribution in [-0.4, -0.2) is 17.8 Å². The van der Waals surface area contributed by atoms with Crippen molar-refractivity contribution in [3.63, 3.8) is 0 Å². The van der Waals surface area contributed by atoms with Gasteiger partial charge in [-0.3, -0.25) is 5.43 Å². The number of benzene rings is 3. The number of nitrogens with zero attached hydrogens (tertiary/aromatic N) is 2. The minimum Gasteiger partial charge on any atom is -0.493 e. The van der Waals surface area contributed by atoms with Crippen molar-refractivity contribution in [2.75, 3.05) is 12.0 Å². The quantitative estimate of drug-likeness (QED) is 0.355. The summed E-state index contributed by atoms with van der Waals surface area (Å²) in [6.45, 7) is 2.79. The van der Waals surface area contributed by atoms with Crippen LogP contribution >= 0.6 is 11.3 Å². The van der Waals surface area contributed by atoms with Gasteiger partial charge in [0.2, 0.25) is 5.13 Å². The van der Waals surface area contributed by atoms with Gasteiger partial charge in [-0.05, 0) is 35.4 Å². The summed E-state index contributed by atoms with van der Waals surface area (Å²) in [7, 11) is 0. The molecule has 0 unspecified atom stereocenters.